The monoisotopic (exact) mass is 828 g/mol. The van der Waals surface area contributed by atoms with Crippen LogP contribution in [-0.2, 0) is 32.7 Å². The van der Waals surface area contributed by atoms with Gasteiger partial charge in [-0.05, 0) is 64.2 Å². The average molecular weight is 828 g/mol. The van der Waals surface area contributed by atoms with Crippen molar-refractivity contribution >= 4 is 19.8 Å². The molecule has 9 nitrogen and oxygen atoms in total. The van der Waals surface area contributed by atoms with Crippen LogP contribution in [0.1, 0.15) is 232 Å². The van der Waals surface area contributed by atoms with E-state index in [-0.39, 0.29) is 38.6 Å². The van der Waals surface area contributed by atoms with E-state index in [4.69, 9.17) is 24.3 Å². The normalized spacial score (nSPS) is 13.4. The molecule has 0 aliphatic carbocycles. The molecule has 0 aromatic carbocycles. The molecule has 0 rings (SSSR count). The van der Waals surface area contributed by atoms with Gasteiger partial charge < -0.3 is 20.1 Å². The Hall–Kier alpha value is -1.51. The molecule has 2 unspecified atom stereocenters. The summed E-state index contributed by atoms with van der Waals surface area (Å²) in [5.41, 5.74) is 5.36. The molecular weight excluding hydrogens is 737 g/mol. The molecular formula is C47H90NO8P. The number of hydrogen-bond acceptors (Lipinski definition) is 8. The number of unbranched alkanes of at least 4 members (excludes halogenated alkanes) is 28. The highest BCUT2D eigenvalue weighted by molar-refractivity contribution is 7.47. The molecule has 0 aliphatic heterocycles. The molecule has 0 heterocycles. The first-order chi connectivity index (χ1) is 27.8. The van der Waals surface area contributed by atoms with Gasteiger partial charge in [0.1, 0.15) is 6.61 Å². The number of allylic oxidation sites excluding steroid dienone is 4. The fraction of sp³-hybridized carbons (Fsp3) is 0.872. The van der Waals surface area contributed by atoms with Crippen LogP contribution in [0.5, 0.6) is 0 Å². The van der Waals surface area contributed by atoms with E-state index in [1.807, 2.05) is 0 Å². The van der Waals surface area contributed by atoms with Crippen molar-refractivity contribution in [3.8, 4) is 0 Å². The maximum atomic E-state index is 12.6. The van der Waals surface area contributed by atoms with Crippen molar-refractivity contribution in [3.05, 3.63) is 24.3 Å². The molecule has 0 radical (unpaired) electrons. The lowest BCUT2D eigenvalue weighted by molar-refractivity contribution is -0.161. The molecule has 0 saturated carbocycles. The zero-order valence-electron chi connectivity index (χ0n) is 37.1. The third kappa shape index (κ3) is 43.9. The van der Waals surface area contributed by atoms with Crippen molar-refractivity contribution in [1.29, 1.82) is 0 Å². The second-order valence-corrected chi connectivity index (χ2v) is 17.4. The number of ether oxygens (including phenoxy) is 2. The van der Waals surface area contributed by atoms with Crippen LogP contribution in [0, 0.1) is 0 Å². The minimum absolute atomic E-state index is 0.0537. The lowest BCUT2D eigenvalue weighted by atomic mass is 10.1. The number of phosphoric ester groups is 1. The van der Waals surface area contributed by atoms with E-state index in [9.17, 15) is 19.0 Å². The molecule has 0 bridgehead atoms. The van der Waals surface area contributed by atoms with Crippen molar-refractivity contribution < 1.29 is 37.6 Å². The van der Waals surface area contributed by atoms with Crippen molar-refractivity contribution in [2.45, 2.75) is 238 Å². The van der Waals surface area contributed by atoms with Crippen LogP contribution in [0.25, 0.3) is 0 Å². The maximum Gasteiger partial charge on any atom is 0.472 e. The number of carbonyl (C=O) groups is 2. The molecule has 0 aliphatic rings. The Morgan fingerprint density at radius 2 is 0.860 bits per heavy atom. The fourth-order valence-corrected chi connectivity index (χ4v) is 7.51. The van der Waals surface area contributed by atoms with Gasteiger partial charge in [0.25, 0.3) is 0 Å². The second-order valence-electron chi connectivity index (χ2n) is 16.0. The molecule has 0 saturated heterocycles. The van der Waals surface area contributed by atoms with E-state index >= 15 is 0 Å². The molecule has 336 valence electrons. The maximum absolute atomic E-state index is 12.6. The number of carbonyl (C=O) groups excluding carboxylic acids is 2. The van der Waals surface area contributed by atoms with Crippen LogP contribution in [-0.4, -0.2) is 49.3 Å². The van der Waals surface area contributed by atoms with E-state index in [1.54, 1.807) is 0 Å². The van der Waals surface area contributed by atoms with Crippen LogP contribution < -0.4 is 5.73 Å². The molecule has 0 aromatic heterocycles. The van der Waals surface area contributed by atoms with Crippen LogP contribution >= 0.6 is 7.82 Å². The summed E-state index contributed by atoms with van der Waals surface area (Å²) in [5, 5.41) is 0. The smallest absolute Gasteiger partial charge is 0.462 e. The average Bonchev–Trinajstić information content (AvgIpc) is 3.20. The van der Waals surface area contributed by atoms with Gasteiger partial charge in [0.05, 0.1) is 13.2 Å². The van der Waals surface area contributed by atoms with Gasteiger partial charge in [-0.25, -0.2) is 4.57 Å². The molecule has 0 fully saturated rings. The topological polar surface area (TPSA) is 134 Å². The first-order valence-electron chi connectivity index (χ1n) is 23.8. The Morgan fingerprint density at radius 3 is 1.25 bits per heavy atom. The van der Waals surface area contributed by atoms with E-state index in [0.29, 0.717) is 6.42 Å². The Morgan fingerprint density at radius 1 is 0.509 bits per heavy atom. The summed E-state index contributed by atoms with van der Waals surface area (Å²) in [5.74, 6) is -0.827. The summed E-state index contributed by atoms with van der Waals surface area (Å²) < 4.78 is 32.9. The summed E-state index contributed by atoms with van der Waals surface area (Å²) in [6.45, 7) is 3.75. The highest BCUT2D eigenvalue weighted by Gasteiger charge is 2.26. The predicted molar refractivity (Wildman–Crippen MR) is 238 cm³/mol. The highest BCUT2D eigenvalue weighted by Crippen LogP contribution is 2.43. The van der Waals surface area contributed by atoms with Crippen molar-refractivity contribution in [2.75, 3.05) is 26.4 Å². The molecule has 0 aromatic rings. The number of rotatable bonds is 45. The molecule has 10 heteroatoms. The number of nitrogens with two attached hydrogens (primary N) is 1. The molecule has 3 N–H and O–H groups in total. The molecule has 57 heavy (non-hydrogen) atoms. The first kappa shape index (κ1) is 55.5. The van der Waals surface area contributed by atoms with E-state index < -0.39 is 26.5 Å². The fourth-order valence-electron chi connectivity index (χ4n) is 6.74. The zero-order chi connectivity index (χ0) is 41.8. The Labute approximate surface area is 351 Å². The third-order valence-corrected chi connectivity index (χ3v) is 11.3. The van der Waals surface area contributed by atoms with Crippen molar-refractivity contribution in [2.24, 2.45) is 5.73 Å². The van der Waals surface area contributed by atoms with Crippen LogP contribution in [0.2, 0.25) is 0 Å². The number of phosphoric acid groups is 1. The summed E-state index contributed by atoms with van der Waals surface area (Å²) in [4.78, 5) is 35.0. The molecule has 0 spiro atoms. The van der Waals surface area contributed by atoms with Crippen LogP contribution in [0.15, 0.2) is 24.3 Å². The van der Waals surface area contributed by atoms with Gasteiger partial charge in [-0.2, -0.15) is 0 Å². The van der Waals surface area contributed by atoms with Gasteiger partial charge in [0.2, 0.25) is 0 Å². The van der Waals surface area contributed by atoms with Crippen LogP contribution in [0.4, 0.5) is 0 Å². The number of esters is 2. The quantitative estimate of drug-likeness (QED) is 0.0266. The summed E-state index contributed by atoms with van der Waals surface area (Å²) in [6, 6.07) is 0. The van der Waals surface area contributed by atoms with E-state index in [2.05, 4.69) is 38.2 Å². The van der Waals surface area contributed by atoms with E-state index in [0.717, 1.165) is 44.9 Å². The van der Waals surface area contributed by atoms with Gasteiger partial charge in [0.15, 0.2) is 6.10 Å². The minimum Gasteiger partial charge on any atom is -0.462 e. The van der Waals surface area contributed by atoms with E-state index in [1.165, 1.54) is 154 Å². The van der Waals surface area contributed by atoms with Gasteiger partial charge >= 0.3 is 19.8 Å². The van der Waals surface area contributed by atoms with Gasteiger partial charge in [-0.3, -0.25) is 18.6 Å². The largest absolute Gasteiger partial charge is 0.472 e. The summed E-state index contributed by atoms with van der Waals surface area (Å²) in [7, 11) is -4.38. The lowest BCUT2D eigenvalue weighted by Crippen LogP contribution is -2.29. The van der Waals surface area contributed by atoms with Gasteiger partial charge in [-0.15, -0.1) is 0 Å². The van der Waals surface area contributed by atoms with Crippen molar-refractivity contribution in [3.63, 3.8) is 0 Å². The Kier molecular flexibility index (Phi) is 42.9. The molecule has 2 atom stereocenters. The number of hydrogen-bond donors (Lipinski definition) is 2. The molecule has 0 amide bonds. The van der Waals surface area contributed by atoms with Gasteiger partial charge in [-0.1, -0.05) is 179 Å². The lowest BCUT2D eigenvalue weighted by Gasteiger charge is -2.19. The third-order valence-electron chi connectivity index (χ3n) is 10.3. The standard InChI is InChI=1S/C47H90NO8P/c1-3-5-7-9-11-13-15-17-19-21-22-24-25-27-29-31-33-35-37-39-46(49)53-43-45(44-55-57(51,52)54-42-41-48)56-47(50)40-38-36-34-32-30-28-26-23-20-18-16-14-12-10-8-6-4-2/h17-20,45H,3-16,21-44,48H2,1-2H3,(H,51,52). The van der Waals surface area contributed by atoms with Crippen LogP contribution in [0.3, 0.4) is 0 Å². The van der Waals surface area contributed by atoms with Crippen molar-refractivity contribution in [1.82, 2.24) is 0 Å². The van der Waals surface area contributed by atoms with Gasteiger partial charge in [0, 0.05) is 19.4 Å². The first-order valence-corrected chi connectivity index (χ1v) is 25.3. The zero-order valence-corrected chi connectivity index (χ0v) is 38.0. The second kappa shape index (κ2) is 44.1. The Balaban J connectivity index is 4.08. The predicted octanol–water partition coefficient (Wildman–Crippen LogP) is 13.9. The summed E-state index contributed by atoms with van der Waals surface area (Å²) >= 11 is 0. The minimum atomic E-state index is -4.38. The Bertz CT molecular complexity index is 990. The SMILES string of the molecule is CCCCCCCCC=CCCCCCCCCCCCC(=O)OCC(COP(=O)(O)OCCN)OC(=O)CCCCCCCCCC=CCCCCCCCC. The highest BCUT2D eigenvalue weighted by atomic mass is 31.2. The summed E-state index contributed by atoms with van der Waals surface area (Å²) in [6.07, 6.45) is 47.8.